The third-order valence-electron chi connectivity index (χ3n) is 3.73. The molecular weight excluding hydrogens is 268 g/mol. The maximum Gasteiger partial charge on any atom is 0.309 e. The maximum absolute atomic E-state index is 12.0. The van der Waals surface area contributed by atoms with Gasteiger partial charge in [-0.3, -0.25) is 9.59 Å². The number of esters is 2. The van der Waals surface area contributed by atoms with Crippen LogP contribution in [0, 0.1) is 11.8 Å². The molecule has 0 aromatic carbocycles. The van der Waals surface area contributed by atoms with Crippen molar-refractivity contribution >= 4 is 11.9 Å². The molecule has 4 heteroatoms. The molecule has 0 fully saturated rings. The molecule has 0 aromatic rings. The van der Waals surface area contributed by atoms with E-state index in [1.54, 1.807) is 13.8 Å². The first-order valence-electron chi connectivity index (χ1n) is 8.38. The van der Waals surface area contributed by atoms with Gasteiger partial charge in [0.1, 0.15) is 0 Å². The minimum atomic E-state index is -0.379. The summed E-state index contributed by atoms with van der Waals surface area (Å²) in [6.45, 7) is 8.48. The van der Waals surface area contributed by atoms with Crippen molar-refractivity contribution < 1.29 is 19.1 Å². The lowest BCUT2D eigenvalue weighted by Gasteiger charge is -2.21. The van der Waals surface area contributed by atoms with E-state index in [0.717, 1.165) is 12.8 Å². The Labute approximate surface area is 129 Å². The van der Waals surface area contributed by atoms with E-state index in [9.17, 15) is 9.59 Å². The highest BCUT2D eigenvalue weighted by Crippen LogP contribution is 2.24. The van der Waals surface area contributed by atoms with Crippen LogP contribution in [0.5, 0.6) is 0 Å². The van der Waals surface area contributed by atoms with Gasteiger partial charge < -0.3 is 9.47 Å². The fourth-order valence-corrected chi connectivity index (χ4v) is 2.44. The van der Waals surface area contributed by atoms with Gasteiger partial charge in [0.05, 0.1) is 25.6 Å². The fraction of sp³-hybridized carbons (Fsp3) is 0.882. The van der Waals surface area contributed by atoms with E-state index in [2.05, 4.69) is 6.92 Å². The zero-order valence-corrected chi connectivity index (χ0v) is 14.2. The van der Waals surface area contributed by atoms with Crippen LogP contribution in [0.4, 0.5) is 0 Å². The van der Waals surface area contributed by atoms with Crippen molar-refractivity contribution in [2.24, 2.45) is 11.8 Å². The standard InChI is InChI=1S/C17H32O4/c1-5-8-9-10-11-12-14(4)15(17(19)21-7-3)13-16(18)20-6-2/h14-15H,5-13H2,1-4H3. The van der Waals surface area contributed by atoms with Crippen molar-refractivity contribution in [3.05, 3.63) is 0 Å². The third-order valence-corrected chi connectivity index (χ3v) is 3.73. The van der Waals surface area contributed by atoms with Gasteiger partial charge in [-0.1, -0.05) is 46.0 Å². The predicted molar refractivity (Wildman–Crippen MR) is 83.9 cm³/mol. The first kappa shape index (κ1) is 19.9. The van der Waals surface area contributed by atoms with Gasteiger partial charge in [-0.05, 0) is 26.2 Å². The zero-order chi connectivity index (χ0) is 16.1. The number of hydrogen-bond donors (Lipinski definition) is 0. The molecule has 0 aliphatic heterocycles. The van der Waals surface area contributed by atoms with E-state index in [0.29, 0.717) is 13.2 Å². The zero-order valence-electron chi connectivity index (χ0n) is 14.2. The smallest absolute Gasteiger partial charge is 0.309 e. The second kappa shape index (κ2) is 12.7. The summed E-state index contributed by atoms with van der Waals surface area (Å²) in [5.41, 5.74) is 0. The molecule has 0 saturated heterocycles. The molecule has 0 radical (unpaired) electrons. The van der Waals surface area contributed by atoms with Gasteiger partial charge >= 0.3 is 11.9 Å². The lowest BCUT2D eigenvalue weighted by Crippen LogP contribution is -2.27. The molecule has 0 aromatic heterocycles. The molecule has 2 unspecified atom stereocenters. The van der Waals surface area contributed by atoms with E-state index in [4.69, 9.17) is 9.47 Å². The Kier molecular flexibility index (Phi) is 12.0. The van der Waals surface area contributed by atoms with Crippen LogP contribution in [-0.2, 0) is 19.1 Å². The molecule has 0 amide bonds. The molecule has 0 saturated carbocycles. The minimum absolute atomic E-state index is 0.128. The highest BCUT2D eigenvalue weighted by Gasteiger charge is 2.29. The second-order valence-electron chi connectivity index (χ2n) is 5.55. The van der Waals surface area contributed by atoms with Crippen molar-refractivity contribution in [3.63, 3.8) is 0 Å². The Hall–Kier alpha value is -1.06. The van der Waals surface area contributed by atoms with Crippen molar-refractivity contribution in [1.82, 2.24) is 0 Å². The van der Waals surface area contributed by atoms with E-state index >= 15 is 0 Å². The molecule has 0 aliphatic rings. The van der Waals surface area contributed by atoms with E-state index < -0.39 is 0 Å². The molecule has 4 nitrogen and oxygen atoms in total. The molecular formula is C17H32O4. The Balaban J connectivity index is 4.34. The van der Waals surface area contributed by atoms with Crippen molar-refractivity contribution in [3.8, 4) is 0 Å². The molecule has 21 heavy (non-hydrogen) atoms. The third kappa shape index (κ3) is 9.48. The van der Waals surface area contributed by atoms with Gasteiger partial charge in [-0.15, -0.1) is 0 Å². The molecule has 0 spiro atoms. The highest BCUT2D eigenvalue weighted by molar-refractivity contribution is 5.80. The summed E-state index contributed by atoms with van der Waals surface area (Å²) >= 11 is 0. The monoisotopic (exact) mass is 300 g/mol. The van der Waals surface area contributed by atoms with Crippen molar-refractivity contribution in [1.29, 1.82) is 0 Å². The number of rotatable bonds is 12. The number of unbranched alkanes of at least 4 members (excludes halogenated alkanes) is 4. The van der Waals surface area contributed by atoms with Gasteiger partial charge in [-0.2, -0.15) is 0 Å². The summed E-state index contributed by atoms with van der Waals surface area (Å²) in [4.78, 5) is 23.7. The largest absolute Gasteiger partial charge is 0.466 e. The summed E-state index contributed by atoms with van der Waals surface area (Å²) in [6.07, 6.45) is 7.09. The van der Waals surface area contributed by atoms with Crippen molar-refractivity contribution in [2.75, 3.05) is 13.2 Å². The lowest BCUT2D eigenvalue weighted by molar-refractivity contribution is -0.156. The second-order valence-corrected chi connectivity index (χ2v) is 5.55. The van der Waals surface area contributed by atoms with Crippen molar-refractivity contribution in [2.45, 2.75) is 72.6 Å². The molecule has 124 valence electrons. The number of carbonyl (C=O) groups excluding carboxylic acids is 2. The topological polar surface area (TPSA) is 52.6 Å². The number of carbonyl (C=O) groups is 2. The lowest BCUT2D eigenvalue weighted by atomic mass is 9.86. The van der Waals surface area contributed by atoms with E-state index in [1.807, 2.05) is 6.92 Å². The van der Waals surface area contributed by atoms with Crippen LogP contribution in [0.1, 0.15) is 72.6 Å². The Morgan fingerprint density at radius 1 is 0.905 bits per heavy atom. The SMILES string of the molecule is CCCCCCCC(C)C(CC(=O)OCC)C(=O)OCC. The quantitative estimate of drug-likeness (QED) is 0.402. The normalized spacial score (nSPS) is 13.5. The highest BCUT2D eigenvalue weighted by atomic mass is 16.5. The summed E-state index contributed by atoms with van der Waals surface area (Å²) in [5.74, 6) is -0.815. The molecule has 0 aliphatic carbocycles. The number of hydrogen-bond acceptors (Lipinski definition) is 4. The van der Waals surface area contributed by atoms with E-state index in [1.165, 1.54) is 25.7 Å². The van der Waals surface area contributed by atoms with Crippen LogP contribution in [0.2, 0.25) is 0 Å². The number of ether oxygens (including phenoxy) is 2. The van der Waals surface area contributed by atoms with Crippen LogP contribution in [0.25, 0.3) is 0 Å². The summed E-state index contributed by atoms with van der Waals surface area (Å²) in [6, 6.07) is 0. The molecule has 0 N–H and O–H groups in total. The average molecular weight is 300 g/mol. The van der Waals surface area contributed by atoms with Crippen LogP contribution in [0.15, 0.2) is 0 Å². The molecule has 0 heterocycles. The van der Waals surface area contributed by atoms with Crippen LogP contribution < -0.4 is 0 Å². The van der Waals surface area contributed by atoms with Gasteiger partial charge in [0.2, 0.25) is 0 Å². The molecule has 0 bridgehead atoms. The average Bonchev–Trinajstić information content (AvgIpc) is 2.44. The fourth-order valence-electron chi connectivity index (χ4n) is 2.44. The van der Waals surface area contributed by atoms with Crippen LogP contribution >= 0.6 is 0 Å². The van der Waals surface area contributed by atoms with Crippen LogP contribution in [0.3, 0.4) is 0 Å². The first-order valence-corrected chi connectivity index (χ1v) is 8.38. The Morgan fingerprint density at radius 3 is 2.10 bits per heavy atom. The van der Waals surface area contributed by atoms with Gasteiger partial charge in [-0.25, -0.2) is 0 Å². The molecule has 0 rings (SSSR count). The predicted octanol–water partition coefficient (Wildman–Crippen LogP) is 4.12. The molecule has 2 atom stereocenters. The van der Waals surface area contributed by atoms with Gasteiger partial charge in [0.15, 0.2) is 0 Å². The Morgan fingerprint density at radius 2 is 1.52 bits per heavy atom. The van der Waals surface area contributed by atoms with Gasteiger partial charge in [0.25, 0.3) is 0 Å². The summed E-state index contributed by atoms with van der Waals surface area (Å²) in [5, 5.41) is 0. The first-order chi connectivity index (χ1) is 10.1. The maximum atomic E-state index is 12.0. The summed E-state index contributed by atoms with van der Waals surface area (Å²) in [7, 11) is 0. The van der Waals surface area contributed by atoms with E-state index in [-0.39, 0.29) is 30.2 Å². The van der Waals surface area contributed by atoms with Gasteiger partial charge in [0, 0.05) is 0 Å². The Bertz CT molecular complexity index is 289. The summed E-state index contributed by atoms with van der Waals surface area (Å²) < 4.78 is 10.1. The van der Waals surface area contributed by atoms with Crippen LogP contribution in [-0.4, -0.2) is 25.2 Å². The minimum Gasteiger partial charge on any atom is -0.466 e.